The number of carbonyl (C=O) groups is 1. The van der Waals surface area contributed by atoms with Gasteiger partial charge in [-0.25, -0.2) is 9.97 Å². The molecule has 7 heteroatoms. The van der Waals surface area contributed by atoms with Crippen LogP contribution in [0.1, 0.15) is 46.2 Å². The number of fused-ring (bicyclic) bond motifs is 2. The lowest BCUT2D eigenvalue weighted by Gasteiger charge is -2.43. The van der Waals surface area contributed by atoms with Gasteiger partial charge >= 0.3 is 0 Å². The van der Waals surface area contributed by atoms with Crippen LogP contribution in [0.25, 0.3) is 0 Å². The smallest absolute Gasteiger partial charge is 0.272 e. The Morgan fingerprint density at radius 1 is 1.25 bits per heavy atom. The number of nitrogen functional groups attached to an aromatic ring is 1. The minimum atomic E-state index is -0.492. The van der Waals surface area contributed by atoms with Gasteiger partial charge in [0.05, 0.1) is 12.1 Å². The number of nitrogens with zero attached hydrogens (tertiary/aromatic N) is 4. The molecule has 1 aromatic carbocycles. The van der Waals surface area contributed by atoms with Gasteiger partial charge < -0.3 is 20.6 Å². The topological polar surface area (TPSA) is 95.6 Å². The summed E-state index contributed by atoms with van der Waals surface area (Å²) < 4.78 is 0. The molecule has 0 unspecified atom stereocenters. The van der Waals surface area contributed by atoms with E-state index in [1.165, 1.54) is 11.1 Å². The van der Waals surface area contributed by atoms with Crippen molar-refractivity contribution < 1.29 is 9.90 Å². The Morgan fingerprint density at radius 3 is 2.57 bits per heavy atom. The van der Waals surface area contributed by atoms with E-state index in [9.17, 15) is 9.90 Å². The van der Waals surface area contributed by atoms with Gasteiger partial charge in [0.2, 0.25) is 5.95 Å². The summed E-state index contributed by atoms with van der Waals surface area (Å²) in [5.74, 6) is -0.0113. The van der Waals surface area contributed by atoms with Gasteiger partial charge in [-0.3, -0.25) is 4.79 Å². The molecule has 0 radical (unpaired) electrons. The van der Waals surface area contributed by atoms with Gasteiger partial charge in [0.15, 0.2) is 0 Å². The molecule has 1 amide bonds. The van der Waals surface area contributed by atoms with Crippen molar-refractivity contribution in [1.29, 1.82) is 0 Å². The van der Waals surface area contributed by atoms with Crippen LogP contribution in [-0.2, 0) is 5.41 Å². The number of aryl methyl sites for hydroxylation is 1. The molecule has 7 nitrogen and oxygen atoms in total. The Hall–Kier alpha value is -2.51. The van der Waals surface area contributed by atoms with E-state index >= 15 is 0 Å². The molecule has 2 aromatic rings. The highest BCUT2D eigenvalue weighted by Gasteiger charge is 2.53. The molecule has 1 fully saturated rings. The van der Waals surface area contributed by atoms with E-state index in [2.05, 4.69) is 27.0 Å². The maximum absolute atomic E-state index is 12.9. The molecule has 1 aromatic heterocycles. The van der Waals surface area contributed by atoms with Crippen molar-refractivity contribution in [2.24, 2.45) is 0 Å². The fraction of sp³-hybridized carbons (Fsp3) is 0.476. The van der Waals surface area contributed by atoms with Crippen LogP contribution >= 0.6 is 0 Å². The van der Waals surface area contributed by atoms with Crippen molar-refractivity contribution in [3.05, 3.63) is 52.8 Å². The van der Waals surface area contributed by atoms with Crippen LogP contribution in [0.4, 0.5) is 5.95 Å². The highest BCUT2D eigenvalue weighted by atomic mass is 16.3. The Kier molecular flexibility index (Phi) is 4.59. The Balaban J connectivity index is 1.59. The number of likely N-dealkylation sites (N-methyl/N-ethyl adjacent to an activating group) is 1. The standard InChI is InChI=1S/C21H27N5O2/c1-13-12-16(24-20(22)23-13)19(28)26-10-8-21(9-11-26)15-7-5-4-6-14(15)17(18(21)27)25(2)3/h4-7,12,17-18,27H,8-11H2,1-3H3,(H2,22,23,24)/t17-,18+/m1/s1. The molecule has 1 aliphatic carbocycles. The van der Waals surface area contributed by atoms with Crippen molar-refractivity contribution in [1.82, 2.24) is 19.8 Å². The largest absolute Gasteiger partial charge is 0.390 e. The van der Waals surface area contributed by atoms with Crippen LogP contribution in [0.3, 0.4) is 0 Å². The quantitative estimate of drug-likeness (QED) is 0.819. The number of benzene rings is 1. The lowest BCUT2D eigenvalue weighted by Crippen LogP contribution is -2.50. The summed E-state index contributed by atoms with van der Waals surface area (Å²) in [6, 6.07) is 9.96. The monoisotopic (exact) mass is 381 g/mol. The Bertz CT molecular complexity index is 885. The number of carbonyl (C=O) groups excluding carboxylic acids is 1. The van der Waals surface area contributed by atoms with Crippen LogP contribution in [0.2, 0.25) is 0 Å². The van der Waals surface area contributed by atoms with Crippen LogP contribution in [0.15, 0.2) is 30.3 Å². The number of aliphatic hydroxyl groups excluding tert-OH is 1. The van der Waals surface area contributed by atoms with E-state index in [-0.39, 0.29) is 23.3 Å². The first-order valence-corrected chi connectivity index (χ1v) is 9.68. The number of hydrogen-bond acceptors (Lipinski definition) is 6. The fourth-order valence-electron chi connectivity index (χ4n) is 4.94. The third kappa shape index (κ3) is 2.86. The van der Waals surface area contributed by atoms with Gasteiger partial charge in [-0.2, -0.15) is 0 Å². The molecule has 2 atom stereocenters. The number of rotatable bonds is 2. The molecule has 2 heterocycles. The van der Waals surface area contributed by atoms with Crippen molar-refractivity contribution in [3.63, 3.8) is 0 Å². The Morgan fingerprint density at radius 2 is 1.93 bits per heavy atom. The van der Waals surface area contributed by atoms with Crippen LogP contribution in [0, 0.1) is 6.92 Å². The summed E-state index contributed by atoms with van der Waals surface area (Å²) in [7, 11) is 4.01. The number of hydrogen-bond donors (Lipinski definition) is 2. The summed E-state index contributed by atoms with van der Waals surface area (Å²) >= 11 is 0. The van der Waals surface area contributed by atoms with E-state index in [0.29, 0.717) is 24.5 Å². The number of aliphatic hydroxyl groups is 1. The van der Waals surface area contributed by atoms with E-state index in [1.54, 1.807) is 13.0 Å². The second-order valence-electron chi connectivity index (χ2n) is 8.14. The normalized spacial score (nSPS) is 23.2. The molecule has 148 valence electrons. The molecule has 1 spiro atoms. The maximum atomic E-state index is 12.9. The zero-order valence-electron chi connectivity index (χ0n) is 16.6. The minimum Gasteiger partial charge on any atom is -0.390 e. The predicted octanol–water partition coefficient (Wildman–Crippen LogP) is 1.52. The molecular formula is C21H27N5O2. The molecule has 3 N–H and O–H groups in total. The van der Waals surface area contributed by atoms with Crippen molar-refractivity contribution in [2.45, 2.75) is 37.3 Å². The molecular weight excluding hydrogens is 354 g/mol. The first kappa shape index (κ1) is 18.8. The van der Waals surface area contributed by atoms with Crippen LogP contribution < -0.4 is 5.73 Å². The van der Waals surface area contributed by atoms with Gasteiger partial charge in [0.25, 0.3) is 5.91 Å². The molecule has 0 saturated carbocycles. The first-order valence-electron chi connectivity index (χ1n) is 9.68. The van der Waals surface area contributed by atoms with Crippen molar-refractivity contribution in [3.8, 4) is 0 Å². The lowest BCUT2D eigenvalue weighted by molar-refractivity contribution is -0.00154. The number of likely N-dealkylation sites (tertiary alicyclic amines) is 1. The third-order valence-electron chi connectivity index (χ3n) is 6.27. The maximum Gasteiger partial charge on any atom is 0.272 e. The van der Waals surface area contributed by atoms with Gasteiger partial charge in [0, 0.05) is 24.2 Å². The molecule has 28 heavy (non-hydrogen) atoms. The summed E-state index contributed by atoms with van der Waals surface area (Å²) in [5.41, 5.74) is 8.81. The van der Waals surface area contributed by atoms with Gasteiger partial charge in [-0.05, 0) is 51.1 Å². The lowest BCUT2D eigenvalue weighted by atomic mass is 9.72. The number of aromatic nitrogens is 2. The SMILES string of the molecule is Cc1cc(C(=O)N2CCC3(CC2)c2ccccc2[C@@H](N(C)C)[C@@H]3O)nc(N)n1. The highest BCUT2D eigenvalue weighted by Crippen LogP contribution is 2.52. The molecule has 1 saturated heterocycles. The average Bonchev–Trinajstić information content (AvgIpc) is 2.90. The number of amides is 1. The van der Waals surface area contributed by atoms with Crippen LogP contribution in [-0.4, -0.2) is 64.1 Å². The van der Waals surface area contributed by atoms with Gasteiger partial charge in [0.1, 0.15) is 5.69 Å². The second-order valence-corrected chi connectivity index (χ2v) is 8.14. The van der Waals surface area contributed by atoms with Gasteiger partial charge in [-0.1, -0.05) is 24.3 Å². The first-order chi connectivity index (χ1) is 13.3. The summed E-state index contributed by atoms with van der Waals surface area (Å²) in [6.07, 6.45) is 0.954. The zero-order chi connectivity index (χ0) is 20.1. The Labute approximate surface area is 165 Å². The highest BCUT2D eigenvalue weighted by molar-refractivity contribution is 5.92. The fourth-order valence-corrected chi connectivity index (χ4v) is 4.94. The number of nitrogens with two attached hydrogens (primary N) is 1. The molecule has 2 aliphatic rings. The summed E-state index contributed by atoms with van der Waals surface area (Å²) in [6.45, 7) is 2.95. The second kappa shape index (κ2) is 6.83. The van der Waals surface area contributed by atoms with E-state index < -0.39 is 6.10 Å². The molecule has 4 rings (SSSR count). The van der Waals surface area contributed by atoms with E-state index in [4.69, 9.17) is 5.73 Å². The molecule has 0 bridgehead atoms. The zero-order valence-corrected chi connectivity index (χ0v) is 16.6. The molecule has 1 aliphatic heterocycles. The van der Waals surface area contributed by atoms with Crippen LogP contribution in [0.5, 0.6) is 0 Å². The van der Waals surface area contributed by atoms with Crippen molar-refractivity contribution >= 4 is 11.9 Å². The number of anilines is 1. The summed E-state index contributed by atoms with van der Waals surface area (Å²) in [5, 5.41) is 11.3. The minimum absolute atomic E-state index is 0.0252. The number of piperidine rings is 1. The summed E-state index contributed by atoms with van der Waals surface area (Å²) in [4.78, 5) is 25.0. The predicted molar refractivity (Wildman–Crippen MR) is 107 cm³/mol. The van der Waals surface area contributed by atoms with E-state index in [0.717, 1.165) is 12.8 Å². The van der Waals surface area contributed by atoms with Gasteiger partial charge in [-0.15, -0.1) is 0 Å². The average molecular weight is 381 g/mol. The van der Waals surface area contributed by atoms with Crippen molar-refractivity contribution in [2.75, 3.05) is 32.9 Å². The third-order valence-corrected chi connectivity index (χ3v) is 6.27. The van der Waals surface area contributed by atoms with E-state index in [1.807, 2.05) is 31.1 Å².